The topological polar surface area (TPSA) is 61.8 Å². The normalized spacial score (nSPS) is 18.0. The molecular weight excluding hydrogens is 292 g/mol. The monoisotopic (exact) mass is 318 g/mol. The van der Waals surface area contributed by atoms with Gasteiger partial charge in [-0.1, -0.05) is 31.0 Å². The first-order valence-corrected chi connectivity index (χ1v) is 8.67. The lowest BCUT2D eigenvalue weighted by molar-refractivity contribution is 0.170. The number of aliphatic hydroxyl groups is 1. The quantitative estimate of drug-likeness (QED) is 0.812. The maximum atomic E-state index is 12.6. The number of nitrogens with zero attached hydrogens (tertiary/aromatic N) is 1. The van der Waals surface area contributed by atoms with Crippen LogP contribution in [0.15, 0.2) is 24.3 Å². The smallest absolute Gasteiger partial charge is 0.318 e. The summed E-state index contributed by atoms with van der Waals surface area (Å²) < 4.78 is 5.52. The van der Waals surface area contributed by atoms with Crippen LogP contribution >= 0.6 is 0 Å². The van der Waals surface area contributed by atoms with E-state index in [4.69, 9.17) is 9.84 Å². The van der Waals surface area contributed by atoms with Gasteiger partial charge < -0.3 is 20.1 Å². The maximum absolute atomic E-state index is 12.6. The molecule has 23 heavy (non-hydrogen) atoms. The average Bonchev–Trinajstić information content (AvgIpc) is 3.25. The number of hydrogen-bond acceptors (Lipinski definition) is 3. The van der Waals surface area contributed by atoms with Crippen molar-refractivity contribution in [2.24, 2.45) is 0 Å². The molecule has 0 atom stereocenters. The first-order chi connectivity index (χ1) is 11.3. The molecule has 0 heterocycles. The number of nitrogens with one attached hydrogen (secondary N) is 1. The molecule has 0 bridgehead atoms. The molecule has 0 spiro atoms. The number of ether oxygens (including phenoxy) is 1. The number of carbonyl (C=O) groups is 1. The number of benzene rings is 1. The lowest BCUT2D eigenvalue weighted by atomic mass is 10.2. The highest BCUT2D eigenvalue weighted by Gasteiger charge is 2.38. The van der Waals surface area contributed by atoms with Crippen molar-refractivity contribution in [3.8, 4) is 5.75 Å². The standard InChI is InChI=1S/C18H26N2O3/c21-11-12-23-17-8-4-1-5-14(17)13-19-18(22)20(16-9-10-16)15-6-2-3-7-15/h1,4-5,8,15-16,21H,2-3,6-7,9-13H2,(H,19,22). The van der Waals surface area contributed by atoms with Gasteiger partial charge in [0.05, 0.1) is 6.61 Å². The van der Waals surface area contributed by atoms with Crippen LogP contribution in [0.2, 0.25) is 0 Å². The molecule has 2 aliphatic rings. The van der Waals surface area contributed by atoms with E-state index in [1.807, 2.05) is 24.3 Å². The molecular formula is C18H26N2O3. The van der Waals surface area contributed by atoms with Crippen molar-refractivity contribution < 1.29 is 14.6 Å². The van der Waals surface area contributed by atoms with Gasteiger partial charge in [-0.05, 0) is 31.7 Å². The molecule has 2 N–H and O–H groups in total. The Morgan fingerprint density at radius 2 is 1.87 bits per heavy atom. The molecule has 0 radical (unpaired) electrons. The van der Waals surface area contributed by atoms with Crippen molar-refractivity contribution in [3.05, 3.63) is 29.8 Å². The van der Waals surface area contributed by atoms with Crippen LogP contribution in [0, 0.1) is 0 Å². The van der Waals surface area contributed by atoms with E-state index in [0.717, 1.165) is 37.0 Å². The van der Waals surface area contributed by atoms with E-state index in [1.54, 1.807) is 0 Å². The number of hydrogen-bond donors (Lipinski definition) is 2. The summed E-state index contributed by atoms with van der Waals surface area (Å²) in [5.74, 6) is 0.723. The highest BCUT2D eigenvalue weighted by Crippen LogP contribution is 2.34. The van der Waals surface area contributed by atoms with Gasteiger partial charge in [-0.25, -0.2) is 4.79 Å². The molecule has 2 saturated carbocycles. The van der Waals surface area contributed by atoms with Crippen LogP contribution in [0.3, 0.4) is 0 Å². The zero-order chi connectivity index (χ0) is 16.1. The Kier molecular flexibility index (Phi) is 5.39. The fraction of sp³-hybridized carbons (Fsp3) is 0.611. The van der Waals surface area contributed by atoms with Crippen LogP contribution in [-0.2, 0) is 6.54 Å². The van der Waals surface area contributed by atoms with E-state index in [1.165, 1.54) is 12.8 Å². The molecule has 0 unspecified atom stereocenters. The second-order valence-corrected chi connectivity index (χ2v) is 6.42. The van der Waals surface area contributed by atoms with Crippen LogP contribution in [0.4, 0.5) is 4.79 Å². The van der Waals surface area contributed by atoms with Crippen LogP contribution in [0.25, 0.3) is 0 Å². The summed E-state index contributed by atoms with van der Waals surface area (Å²) >= 11 is 0. The lowest BCUT2D eigenvalue weighted by Crippen LogP contribution is -2.46. The van der Waals surface area contributed by atoms with Gasteiger partial charge in [0.1, 0.15) is 12.4 Å². The second-order valence-electron chi connectivity index (χ2n) is 6.42. The molecule has 2 fully saturated rings. The van der Waals surface area contributed by atoms with Crippen molar-refractivity contribution in [3.63, 3.8) is 0 Å². The predicted molar refractivity (Wildman–Crippen MR) is 88.4 cm³/mol. The van der Waals surface area contributed by atoms with Crippen molar-refractivity contribution in [1.29, 1.82) is 0 Å². The van der Waals surface area contributed by atoms with E-state index >= 15 is 0 Å². The van der Waals surface area contributed by atoms with Crippen molar-refractivity contribution in [1.82, 2.24) is 10.2 Å². The van der Waals surface area contributed by atoms with Gasteiger partial charge in [0.25, 0.3) is 0 Å². The largest absolute Gasteiger partial charge is 0.491 e. The Morgan fingerprint density at radius 3 is 2.57 bits per heavy atom. The first kappa shape index (κ1) is 16.1. The molecule has 5 heteroatoms. The Morgan fingerprint density at radius 1 is 1.17 bits per heavy atom. The molecule has 1 aromatic carbocycles. The van der Waals surface area contributed by atoms with Crippen LogP contribution in [0.1, 0.15) is 44.1 Å². The van der Waals surface area contributed by atoms with Crippen LogP contribution in [-0.4, -0.2) is 41.3 Å². The molecule has 1 aromatic rings. The highest BCUT2D eigenvalue weighted by molar-refractivity contribution is 5.75. The van der Waals surface area contributed by atoms with Gasteiger partial charge in [0, 0.05) is 24.2 Å². The SMILES string of the molecule is O=C(NCc1ccccc1OCCO)N(C1CCCC1)C1CC1. The summed E-state index contributed by atoms with van der Waals surface area (Å²) in [6.45, 7) is 0.704. The van der Waals surface area contributed by atoms with E-state index in [9.17, 15) is 4.79 Å². The molecule has 5 nitrogen and oxygen atoms in total. The second kappa shape index (κ2) is 7.68. The molecule has 3 rings (SSSR count). The molecule has 126 valence electrons. The third-order valence-electron chi connectivity index (χ3n) is 4.64. The number of urea groups is 1. The first-order valence-electron chi connectivity index (χ1n) is 8.67. The van der Waals surface area contributed by atoms with Gasteiger partial charge >= 0.3 is 6.03 Å². The Labute approximate surface area is 137 Å². The third-order valence-corrected chi connectivity index (χ3v) is 4.64. The van der Waals surface area contributed by atoms with Gasteiger partial charge in [0.2, 0.25) is 0 Å². The van der Waals surface area contributed by atoms with Gasteiger partial charge in [0.15, 0.2) is 0 Å². The summed E-state index contributed by atoms with van der Waals surface area (Å²) in [4.78, 5) is 14.7. The number of para-hydroxylation sites is 1. The van der Waals surface area contributed by atoms with Gasteiger partial charge in [-0.15, -0.1) is 0 Å². The number of amides is 2. The molecule has 0 aromatic heterocycles. The van der Waals surface area contributed by atoms with Crippen molar-refractivity contribution in [2.45, 2.75) is 57.2 Å². The molecule has 0 aliphatic heterocycles. The Bertz CT molecular complexity index is 525. The highest BCUT2D eigenvalue weighted by atomic mass is 16.5. The summed E-state index contributed by atoms with van der Waals surface area (Å²) in [5, 5.41) is 12.0. The zero-order valence-corrected chi connectivity index (χ0v) is 13.5. The summed E-state index contributed by atoms with van der Waals surface area (Å²) in [6, 6.07) is 8.56. The predicted octanol–water partition coefficient (Wildman–Crippen LogP) is 2.67. The van der Waals surface area contributed by atoms with E-state index < -0.39 is 0 Å². The van der Waals surface area contributed by atoms with Crippen molar-refractivity contribution >= 4 is 6.03 Å². The molecule has 0 saturated heterocycles. The Hall–Kier alpha value is -1.75. The van der Waals surface area contributed by atoms with Gasteiger partial charge in [-0.3, -0.25) is 0 Å². The minimum absolute atomic E-state index is 0.0160. The average molecular weight is 318 g/mol. The molecule has 2 amide bonds. The molecule has 2 aliphatic carbocycles. The summed E-state index contributed by atoms with van der Waals surface area (Å²) in [7, 11) is 0. The van der Waals surface area contributed by atoms with Crippen LogP contribution < -0.4 is 10.1 Å². The summed E-state index contributed by atoms with van der Waals surface area (Å²) in [6.07, 6.45) is 7.03. The van der Waals surface area contributed by atoms with Crippen LogP contribution in [0.5, 0.6) is 5.75 Å². The van der Waals surface area contributed by atoms with Gasteiger partial charge in [-0.2, -0.15) is 0 Å². The van der Waals surface area contributed by atoms with E-state index in [2.05, 4.69) is 10.2 Å². The minimum atomic E-state index is -0.0160. The number of aliphatic hydroxyl groups excluding tert-OH is 1. The fourth-order valence-electron chi connectivity index (χ4n) is 3.37. The third kappa shape index (κ3) is 4.16. The van der Waals surface area contributed by atoms with Crippen molar-refractivity contribution in [2.75, 3.05) is 13.2 Å². The maximum Gasteiger partial charge on any atom is 0.318 e. The van der Waals surface area contributed by atoms with E-state index in [0.29, 0.717) is 18.6 Å². The Balaban J connectivity index is 1.59. The number of rotatable bonds is 7. The zero-order valence-electron chi connectivity index (χ0n) is 13.5. The fourth-order valence-corrected chi connectivity index (χ4v) is 3.37. The number of carbonyl (C=O) groups excluding carboxylic acids is 1. The minimum Gasteiger partial charge on any atom is -0.491 e. The van der Waals surface area contributed by atoms with E-state index in [-0.39, 0.29) is 19.2 Å². The summed E-state index contributed by atoms with van der Waals surface area (Å²) in [5.41, 5.74) is 0.941. The lowest BCUT2D eigenvalue weighted by Gasteiger charge is -2.29.